The second-order valence-electron chi connectivity index (χ2n) is 3.10. The molecular weight excluding hydrogens is 204 g/mol. The van der Waals surface area contributed by atoms with E-state index in [1.165, 1.54) is 18.6 Å². The Kier molecular flexibility index (Phi) is 8.60. The summed E-state index contributed by atoms with van der Waals surface area (Å²) in [5.41, 5.74) is 0. The summed E-state index contributed by atoms with van der Waals surface area (Å²) in [6.45, 7) is 5.82. The summed E-state index contributed by atoms with van der Waals surface area (Å²) in [5.74, 6) is -0.134. The molecule has 0 amide bonds. The minimum absolute atomic E-state index is 0.134. The maximum absolute atomic E-state index is 10.7. The van der Waals surface area contributed by atoms with Gasteiger partial charge in [0.1, 0.15) is 0 Å². The molecule has 1 unspecified atom stereocenters. The third-order valence-corrected chi connectivity index (χ3v) is 3.63. The number of carbonyl (C=O) groups is 1. The number of carbonyl (C=O) groups excluding carboxylic acids is 1. The van der Waals surface area contributed by atoms with Crippen LogP contribution in [0.4, 0.5) is 0 Å². The van der Waals surface area contributed by atoms with E-state index in [-0.39, 0.29) is 12.1 Å². The van der Waals surface area contributed by atoms with Gasteiger partial charge in [0.25, 0.3) is 0 Å². The molecule has 0 aromatic carbocycles. The molecule has 0 aliphatic heterocycles. The summed E-state index contributed by atoms with van der Waals surface area (Å²) < 4.78 is 5.21. The normalized spacial score (nSPS) is 12.5. The van der Waals surface area contributed by atoms with Crippen molar-refractivity contribution in [3.8, 4) is 0 Å². The Morgan fingerprint density at radius 2 is 2.08 bits per heavy atom. The Morgan fingerprint density at radius 3 is 2.54 bits per heavy atom. The second-order valence-corrected chi connectivity index (χ2v) is 4.89. The van der Waals surface area contributed by atoms with Gasteiger partial charge < -0.3 is 0 Å². The molecule has 0 spiro atoms. The molecule has 0 fully saturated rings. The van der Waals surface area contributed by atoms with Crippen LogP contribution in [0.25, 0.3) is 0 Å². The molecule has 0 aromatic heterocycles. The maximum atomic E-state index is 10.7. The minimum atomic E-state index is -0.134. The topological polar surface area (TPSA) is 26.3 Å². The van der Waals surface area contributed by atoms with Gasteiger partial charge in [0.15, 0.2) is 0 Å². The van der Waals surface area contributed by atoms with Crippen LogP contribution in [0, 0.1) is 0 Å². The molecule has 0 aliphatic rings. The summed E-state index contributed by atoms with van der Waals surface area (Å²) in [7, 11) is 0. The molecule has 0 rings (SSSR count). The zero-order chi connectivity index (χ0) is 10.1. The number of rotatable bonds is 7. The molecule has 0 bridgehead atoms. The zero-order valence-electron chi connectivity index (χ0n) is 8.84. The van der Waals surface area contributed by atoms with Crippen LogP contribution in [0.15, 0.2) is 0 Å². The van der Waals surface area contributed by atoms with Gasteiger partial charge >= 0.3 is 87.4 Å². The number of ether oxygens (including phenoxy) is 1. The molecule has 1 atom stereocenters. The Labute approximate surface area is 87.8 Å². The summed E-state index contributed by atoms with van der Waals surface area (Å²) >= 11 is 0.657. The molecule has 0 radical (unpaired) electrons. The van der Waals surface area contributed by atoms with Gasteiger partial charge in [-0.25, -0.2) is 0 Å². The van der Waals surface area contributed by atoms with Crippen molar-refractivity contribution in [2.24, 2.45) is 0 Å². The summed E-state index contributed by atoms with van der Waals surface area (Å²) in [5, 5.41) is 2.39. The molecule has 0 aliphatic carbocycles. The van der Waals surface area contributed by atoms with E-state index >= 15 is 0 Å². The Hall–Kier alpha value is 0.00247. The van der Waals surface area contributed by atoms with Crippen molar-refractivity contribution in [1.82, 2.24) is 0 Å². The van der Waals surface area contributed by atoms with E-state index in [0.717, 1.165) is 18.1 Å². The van der Waals surface area contributed by atoms with Crippen molar-refractivity contribution >= 4 is 5.97 Å². The average molecular weight is 224 g/mol. The molecule has 78 valence electrons. The average Bonchev–Trinajstić information content (AvgIpc) is 2.04. The standard InChI is InChI=1S/C7H13O2.C3H7.Cr/c1-4-5-6(2)9-7(3)8;1-3-2;/h6H,2,4-5H2,1,3H3;1,3H2,2H3;. The first-order valence-electron chi connectivity index (χ1n) is 4.95. The Bertz CT molecular complexity index is 137. The predicted molar refractivity (Wildman–Crippen MR) is 50.4 cm³/mol. The molecule has 2 nitrogen and oxygen atoms in total. The fraction of sp³-hybridized carbons (Fsp3) is 0.900. The van der Waals surface area contributed by atoms with Crippen molar-refractivity contribution < 1.29 is 24.8 Å². The molecule has 0 saturated carbocycles. The van der Waals surface area contributed by atoms with Crippen molar-refractivity contribution in [3.05, 3.63) is 0 Å². The van der Waals surface area contributed by atoms with Crippen molar-refractivity contribution in [3.63, 3.8) is 0 Å². The van der Waals surface area contributed by atoms with Crippen molar-refractivity contribution in [2.75, 3.05) is 0 Å². The van der Waals surface area contributed by atoms with E-state index in [0.29, 0.717) is 15.2 Å². The van der Waals surface area contributed by atoms with Gasteiger partial charge in [-0.2, -0.15) is 0 Å². The fourth-order valence-electron chi connectivity index (χ4n) is 1.09. The van der Waals surface area contributed by atoms with E-state index in [1.54, 1.807) is 0 Å². The van der Waals surface area contributed by atoms with Crippen LogP contribution < -0.4 is 0 Å². The monoisotopic (exact) mass is 224 g/mol. The molecule has 13 heavy (non-hydrogen) atoms. The SMILES string of the molecule is CC[CH2][Cr][CH2]C(CCC)OC(C)=O. The van der Waals surface area contributed by atoms with E-state index in [1.807, 2.05) is 0 Å². The third kappa shape index (κ3) is 8.34. The van der Waals surface area contributed by atoms with Gasteiger partial charge in [-0.3, -0.25) is 0 Å². The quantitative estimate of drug-likeness (QED) is 0.490. The first kappa shape index (κ1) is 13.0. The first-order valence-corrected chi connectivity index (χ1v) is 6.76. The van der Waals surface area contributed by atoms with Crippen molar-refractivity contribution in [2.45, 2.75) is 56.7 Å². The van der Waals surface area contributed by atoms with Crippen LogP contribution in [-0.2, 0) is 24.8 Å². The van der Waals surface area contributed by atoms with Crippen LogP contribution in [0.1, 0.15) is 40.0 Å². The van der Waals surface area contributed by atoms with Gasteiger partial charge in [-0.1, -0.05) is 0 Å². The molecule has 0 aromatic rings. The van der Waals surface area contributed by atoms with E-state index in [2.05, 4.69) is 13.8 Å². The Balaban J connectivity index is 3.59. The molecule has 0 N–H and O–H groups in total. The number of esters is 1. The van der Waals surface area contributed by atoms with E-state index in [9.17, 15) is 4.79 Å². The van der Waals surface area contributed by atoms with Crippen LogP contribution >= 0.6 is 0 Å². The summed E-state index contributed by atoms with van der Waals surface area (Å²) in [6.07, 6.45) is 3.55. The van der Waals surface area contributed by atoms with Gasteiger partial charge in [-0.05, 0) is 0 Å². The second kappa shape index (κ2) is 8.59. The molecular formula is C10H20CrO2. The summed E-state index contributed by atoms with van der Waals surface area (Å²) in [4.78, 5) is 10.7. The van der Waals surface area contributed by atoms with Crippen LogP contribution in [0.3, 0.4) is 0 Å². The van der Waals surface area contributed by atoms with Gasteiger partial charge in [0.2, 0.25) is 0 Å². The zero-order valence-corrected chi connectivity index (χ0v) is 10.1. The molecule has 3 heteroatoms. The van der Waals surface area contributed by atoms with Crippen LogP contribution in [-0.4, -0.2) is 12.1 Å². The number of hydrogen-bond donors (Lipinski definition) is 0. The predicted octanol–water partition coefficient (Wildman–Crippen LogP) is 3.05. The Morgan fingerprint density at radius 1 is 1.38 bits per heavy atom. The summed E-state index contributed by atoms with van der Waals surface area (Å²) in [6, 6.07) is 0. The van der Waals surface area contributed by atoms with Crippen molar-refractivity contribution in [1.29, 1.82) is 0 Å². The fourth-order valence-corrected chi connectivity index (χ4v) is 2.58. The van der Waals surface area contributed by atoms with Gasteiger partial charge in [0.05, 0.1) is 0 Å². The molecule has 0 saturated heterocycles. The van der Waals surface area contributed by atoms with Gasteiger partial charge in [-0.15, -0.1) is 0 Å². The van der Waals surface area contributed by atoms with E-state index in [4.69, 9.17) is 4.74 Å². The van der Waals surface area contributed by atoms with Crippen LogP contribution in [0.2, 0.25) is 10.6 Å². The van der Waals surface area contributed by atoms with E-state index < -0.39 is 0 Å². The number of hydrogen-bond acceptors (Lipinski definition) is 2. The molecule has 0 heterocycles. The first-order chi connectivity index (χ1) is 6.20. The van der Waals surface area contributed by atoms with Gasteiger partial charge in [0, 0.05) is 0 Å². The third-order valence-electron chi connectivity index (χ3n) is 1.60. The van der Waals surface area contributed by atoms with Crippen LogP contribution in [0.5, 0.6) is 0 Å².